The maximum absolute atomic E-state index is 12.4. The van der Waals surface area contributed by atoms with Crippen LogP contribution in [0.3, 0.4) is 0 Å². The third-order valence-corrected chi connectivity index (χ3v) is 9.38. The van der Waals surface area contributed by atoms with Gasteiger partial charge in [-0.3, -0.25) is 9.59 Å². The lowest BCUT2D eigenvalue weighted by Gasteiger charge is -2.31. The normalized spacial score (nSPS) is 16.8. The van der Waals surface area contributed by atoms with Crippen LogP contribution >= 0.6 is 48.9 Å². The zero-order chi connectivity index (χ0) is 29.4. The van der Waals surface area contributed by atoms with Crippen LogP contribution in [0.5, 0.6) is 0 Å². The number of likely N-dealkylation sites (N-methyl/N-ethyl adjacent to an activating group) is 2. The molecule has 6 nitrogen and oxygen atoms in total. The maximum Gasteiger partial charge on any atom is 0.176 e. The Labute approximate surface area is 258 Å². The van der Waals surface area contributed by atoms with Gasteiger partial charge < -0.3 is 19.6 Å². The van der Waals surface area contributed by atoms with Crippen molar-refractivity contribution in [3.05, 3.63) is 0 Å². The SMILES string of the molecule is CCN1CC(=S)N(CC(C)(C)CCCC(=O)CCCC(=O)CCCC(C)(C)CN2C(=S)CN(CC)C2=S)C1=S. The molecule has 0 saturated carbocycles. The molecule has 2 rings (SSSR count). The lowest BCUT2D eigenvalue weighted by Crippen LogP contribution is -2.39. The zero-order valence-electron chi connectivity index (χ0n) is 24.8. The summed E-state index contributed by atoms with van der Waals surface area (Å²) in [7, 11) is 0. The summed E-state index contributed by atoms with van der Waals surface area (Å²) in [6.45, 7) is 17.8. The van der Waals surface area contributed by atoms with Gasteiger partial charge in [-0.05, 0) is 81.2 Å². The van der Waals surface area contributed by atoms with E-state index in [-0.39, 0.29) is 22.4 Å². The topological polar surface area (TPSA) is 47.1 Å². The van der Waals surface area contributed by atoms with E-state index in [1.165, 1.54) is 0 Å². The summed E-state index contributed by atoms with van der Waals surface area (Å²) in [5.41, 5.74) is 0.0315. The maximum atomic E-state index is 12.4. The van der Waals surface area contributed by atoms with Crippen LogP contribution in [-0.4, -0.2) is 90.6 Å². The summed E-state index contributed by atoms with van der Waals surface area (Å²) >= 11 is 22.3. The van der Waals surface area contributed by atoms with Crippen LogP contribution < -0.4 is 0 Å². The molecule has 220 valence electrons. The highest BCUT2D eigenvalue weighted by atomic mass is 32.1. The predicted molar refractivity (Wildman–Crippen MR) is 177 cm³/mol. The Morgan fingerprint density at radius 3 is 1.28 bits per heavy atom. The molecule has 0 aromatic rings. The number of carbonyl (C=O) groups is 2. The fourth-order valence-electron chi connectivity index (χ4n) is 5.27. The van der Waals surface area contributed by atoms with Crippen molar-refractivity contribution in [3.8, 4) is 0 Å². The van der Waals surface area contributed by atoms with Gasteiger partial charge >= 0.3 is 0 Å². The smallest absolute Gasteiger partial charge is 0.176 e. The van der Waals surface area contributed by atoms with Gasteiger partial charge in [0, 0.05) is 51.9 Å². The van der Waals surface area contributed by atoms with E-state index in [0.29, 0.717) is 32.1 Å². The number of carbonyl (C=O) groups excluding carboxylic acids is 2. The van der Waals surface area contributed by atoms with Crippen LogP contribution in [0.15, 0.2) is 0 Å². The Morgan fingerprint density at radius 1 is 0.641 bits per heavy atom. The van der Waals surface area contributed by atoms with E-state index in [2.05, 4.69) is 61.1 Å². The first-order valence-electron chi connectivity index (χ1n) is 14.4. The van der Waals surface area contributed by atoms with Crippen molar-refractivity contribution >= 4 is 80.6 Å². The molecule has 0 N–H and O–H groups in total. The Kier molecular flexibility index (Phi) is 13.3. The molecule has 0 aromatic carbocycles. The van der Waals surface area contributed by atoms with Gasteiger partial charge in [-0.1, -0.05) is 52.1 Å². The molecule has 2 saturated heterocycles. The number of hydrogen-bond donors (Lipinski definition) is 0. The molecule has 39 heavy (non-hydrogen) atoms. The van der Waals surface area contributed by atoms with E-state index in [4.69, 9.17) is 48.9 Å². The van der Waals surface area contributed by atoms with Crippen molar-refractivity contribution in [1.82, 2.24) is 19.6 Å². The second kappa shape index (κ2) is 15.2. The molecule has 0 unspecified atom stereocenters. The van der Waals surface area contributed by atoms with Gasteiger partial charge in [0.1, 0.15) is 21.5 Å². The quantitative estimate of drug-likeness (QED) is 0.168. The van der Waals surface area contributed by atoms with Crippen molar-refractivity contribution in [2.45, 2.75) is 99.3 Å². The molecule has 0 aliphatic carbocycles. The van der Waals surface area contributed by atoms with Gasteiger partial charge in [0.2, 0.25) is 0 Å². The van der Waals surface area contributed by atoms with Gasteiger partial charge in [0.15, 0.2) is 10.2 Å². The molecule has 2 aliphatic heterocycles. The Hall–Kier alpha value is -1.10. The largest absolute Gasteiger partial charge is 0.342 e. The van der Waals surface area contributed by atoms with E-state index < -0.39 is 0 Å². The Morgan fingerprint density at radius 2 is 0.974 bits per heavy atom. The van der Waals surface area contributed by atoms with Crippen molar-refractivity contribution < 1.29 is 9.59 Å². The second-order valence-electron chi connectivity index (χ2n) is 12.5. The van der Waals surface area contributed by atoms with E-state index >= 15 is 0 Å². The average Bonchev–Trinajstić information content (AvgIpc) is 3.27. The molecular weight excluding hydrogens is 565 g/mol. The molecule has 2 fully saturated rings. The monoisotopic (exact) mass is 612 g/mol. The van der Waals surface area contributed by atoms with Gasteiger partial charge in [0.05, 0.1) is 13.1 Å². The number of Topliss-reactive ketones (excluding diaryl/α,β-unsaturated/α-hetero) is 2. The summed E-state index contributed by atoms with van der Waals surface area (Å²) in [6.07, 6.45) is 6.32. The van der Waals surface area contributed by atoms with E-state index in [9.17, 15) is 9.59 Å². The summed E-state index contributed by atoms with van der Waals surface area (Å²) in [5, 5.41) is 1.64. The summed E-state index contributed by atoms with van der Waals surface area (Å²) in [4.78, 5) is 35.1. The molecule has 2 aliphatic rings. The van der Waals surface area contributed by atoms with Crippen molar-refractivity contribution in [1.29, 1.82) is 0 Å². The third-order valence-electron chi connectivity index (χ3n) is 7.72. The summed E-state index contributed by atoms with van der Waals surface area (Å²) < 4.78 is 0. The molecule has 10 heteroatoms. The second-order valence-corrected chi connectivity index (χ2v) is 14.2. The van der Waals surface area contributed by atoms with Gasteiger partial charge in [-0.2, -0.15) is 0 Å². The lowest BCUT2D eigenvalue weighted by molar-refractivity contribution is -0.120. The molecule has 2 heterocycles. The Balaban J connectivity index is 1.60. The molecule has 0 bridgehead atoms. The van der Waals surface area contributed by atoms with E-state index in [0.717, 1.165) is 85.2 Å². The standard InChI is InChI=1S/C29H48N4O2S4/c1-7-30-18-24(36)32(26(30)38)20-28(3,4)16-10-14-22(34)12-9-13-23(35)15-11-17-29(5,6)21-33-25(37)19-31(8-2)27(33)39/h7-21H2,1-6H3. The molecule has 0 spiro atoms. The van der Waals surface area contributed by atoms with Crippen LogP contribution in [0.25, 0.3) is 0 Å². The minimum atomic E-state index is 0.0158. The van der Waals surface area contributed by atoms with Crippen molar-refractivity contribution in [3.63, 3.8) is 0 Å². The van der Waals surface area contributed by atoms with Crippen LogP contribution in [0.1, 0.15) is 99.3 Å². The fourth-order valence-corrected chi connectivity index (χ4v) is 6.73. The number of hydrogen-bond acceptors (Lipinski definition) is 6. The van der Waals surface area contributed by atoms with Crippen LogP contribution in [0.2, 0.25) is 0 Å². The summed E-state index contributed by atoms with van der Waals surface area (Å²) in [6, 6.07) is 0. The highest BCUT2D eigenvalue weighted by Gasteiger charge is 2.34. The third kappa shape index (κ3) is 10.7. The van der Waals surface area contributed by atoms with Crippen LogP contribution in [-0.2, 0) is 9.59 Å². The number of nitrogens with zero attached hydrogens (tertiary/aromatic N) is 4. The lowest BCUT2D eigenvalue weighted by atomic mass is 9.85. The molecule has 0 atom stereocenters. The van der Waals surface area contributed by atoms with Crippen LogP contribution in [0, 0.1) is 10.8 Å². The molecule has 0 radical (unpaired) electrons. The zero-order valence-corrected chi connectivity index (χ0v) is 28.1. The highest BCUT2D eigenvalue weighted by Crippen LogP contribution is 2.29. The summed E-state index contributed by atoms with van der Waals surface area (Å²) in [5.74, 6) is 0.505. The number of ketones is 2. The van der Waals surface area contributed by atoms with Crippen LogP contribution in [0.4, 0.5) is 0 Å². The van der Waals surface area contributed by atoms with Gasteiger partial charge in [-0.15, -0.1) is 0 Å². The van der Waals surface area contributed by atoms with Crippen molar-refractivity contribution in [2.75, 3.05) is 39.3 Å². The van der Waals surface area contributed by atoms with E-state index in [1.54, 1.807) is 0 Å². The minimum absolute atomic E-state index is 0.0158. The molecule has 0 amide bonds. The first-order valence-corrected chi connectivity index (χ1v) is 16.0. The number of rotatable bonds is 18. The first kappa shape index (κ1) is 34.1. The van der Waals surface area contributed by atoms with Gasteiger partial charge in [0.25, 0.3) is 0 Å². The fraction of sp³-hybridized carbons (Fsp3) is 0.793. The first-order chi connectivity index (χ1) is 18.2. The number of thiocarbonyl (C=S) groups is 4. The molecular formula is C29H48N4O2S4. The predicted octanol–water partition coefficient (Wildman–Crippen LogP) is 6.19. The minimum Gasteiger partial charge on any atom is -0.342 e. The molecule has 0 aromatic heterocycles. The highest BCUT2D eigenvalue weighted by molar-refractivity contribution is 7.82. The Bertz CT molecular complexity index is 876. The average molecular weight is 613 g/mol. The van der Waals surface area contributed by atoms with Gasteiger partial charge in [-0.25, -0.2) is 0 Å². The van der Waals surface area contributed by atoms with Crippen molar-refractivity contribution in [2.24, 2.45) is 10.8 Å². The van der Waals surface area contributed by atoms with E-state index in [1.807, 2.05) is 0 Å².